The van der Waals surface area contributed by atoms with Gasteiger partial charge in [0.05, 0.1) is 5.69 Å². The van der Waals surface area contributed by atoms with Crippen molar-refractivity contribution < 1.29 is 0 Å². The van der Waals surface area contributed by atoms with Gasteiger partial charge in [-0.2, -0.15) is 0 Å². The van der Waals surface area contributed by atoms with Crippen LogP contribution >= 0.6 is 0 Å². The molecule has 1 aromatic rings. The Morgan fingerprint density at radius 2 is 1.77 bits per heavy atom. The molecule has 0 saturated carbocycles. The van der Waals surface area contributed by atoms with Crippen LogP contribution in [0.2, 0.25) is 0 Å². The molecule has 0 fully saturated rings. The predicted molar refractivity (Wildman–Crippen MR) is 98.7 cm³/mol. The van der Waals surface area contributed by atoms with Gasteiger partial charge < -0.3 is 4.90 Å². The summed E-state index contributed by atoms with van der Waals surface area (Å²) in [6.45, 7) is 11.2. The third-order valence-corrected chi connectivity index (χ3v) is 5.11. The number of aliphatic imine (C=N–C) groups is 1. The van der Waals surface area contributed by atoms with E-state index in [0.717, 1.165) is 5.69 Å². The van der Waals surface area contributed by atoms with Crippen LogP contribution in [0.1, 0.15) is 44.7 Å². The average Bonchev–Trinajstić information content (AvgIpc) is 2.42. The zero-order valence-electron chi connectivity index (χ0n) is 15.2. The maximum atomic E-state index is 4.90. The van der Waals surface area contributed by atoms with Crippen LogP contribution in [0.3, 0.4) is 0 Å². The SMILES string of the molecule is CC1=CC(C)C(C)(C=Nc2c(C)cc(N(C)C)cc2C)CC1. The largest absolute Gasteiger partial charge is 0.378 e. The molecule has 120 valence electrons. The molecule has 2 heteroatoms. The summed E-state index contributed by atoms with van der Waals surface area (Å²) in [6, 6.07) is 4.44. The third-order valence-electron chi connectivity index (χ3n) is 5.11. The first-order valence-electron chi connectivity index (χ1n) is 8.24. The van der Waals surface area contributed by atoms with Gasteiger partial charge in [0.2, 0.25) is 0 Å². The molecule has 2 unspecified atom stereocenters. The van der Waals surface area contributed by atoms with Gasteiger partial charge in [0.15, 0.2) is 0 Å². The minimum absolute atomic E-state index is 0.165. The van der Waals surface area contributed by atoms with E-state index in [1.165, 1.54) is 35.2 Å². The first-order chi connectivity index (χ1) is 10.2. The molecule has 0 aromatic heterocycles. The number of hydrogen-bond acceptors (Lipinski definition) is 2. The Hall–Kier alpha value is -1.57. The van der Waals surface area contributed by atoms with E-state index in [2.05, 4.69) is 78.0 Å². The average molecular weight is 298 g/mol. The Morgan fingerprint density at radius 1 is 1.18 bits per heavy atom. The van der Waals surface area contributed by atoms with Gasteiger partial charge in [-0.15, -0.1) is 0 Å². The Morgan fingerprint density at radius 3 is 2.27 bits per heavy atom. The summed E-state index contributed by atoms with van der Waals surface area (Å²) in [5.41, 5.74) is 6.55. The van der Waals surface area contributed by atoms with Crippen molar-refractivity contribution in [2.45, 2.75) is 47.5 Å². The van der Waals surface area contributed by atoms with Crippen LogP contribution in [0.15, 0.2) is 28.8 Å². The molecule has 2 atom stereocenters. The van der Waals surface area contributed by atoms with Crippen LogP contribution in [0.25, 0.3) is 0 Å². The molecule has 0 bridgehead atoms. The Labute approximate surface area is 136 Å². The quantitative estimate of drug-likeness (QED) is 0.535. The minimum atomic E-state index is 0.165. The van der Waals surface area contributed by atoms with E-state index in [9.17, 15) is 0 Å². The molecule has 1 aromatic carbocycles. The molecule has 0 amide bonds. The lowest BCUT2D eigenvalue weighted by Gasteiger charge is -2.34. The maximum absolute atomic E-state index is 4.90. The molecule has 1 aliphatic carbocycles. The predicted octanol–water partition coefficient (Wildman–Crippen LogP) is 5.45. The fraction of sp³-hybridized carbons (Fsp3) is 0.550. The van der Waals surface area contributed by atoms with Crippen LogP contribution < -0.4 is 4.90 Å². The lowest BCUT2D eigenvalue weighted by molar-refractivity contribution is 0.324. The van der Waals surface area contributed by atoms with Crippen molar-refractivity contribution in [3.8, 4) is 0 Å². The van der Waals surface area contributed by atoms with Crippen molar-refractivity contribution in [1.29, 1.82) is 0 Å². The van der Waals surface area contributed by atoms with Crippen molar-refractivity contribution in [1.82, 2.24) is 0 Å². The van der Waals surface area contributed by atoms with Gasteiger partial charge in [0.1, 0.15) is 0 Å². The Balaban J connectivity index is 2.31. The highest BCUT2D eigenvalue weighted by molar-refractivity contribution is 5.74. The summed E-state index contributed by atoms with van der Waals surface area (Å²) in [5, 5.41) is 0. The van der Waals surface area contributed by atoms with E-state index in [4.69, 9.17) is 4.99 Å². The van der Waals surface area contributed by atoms with Crippen molar-refractivity contribution >= 4 is 17.6 Å². The summed E-state index contributed by atoms with van der Waals surface area (Å²) in [7, 11) is 4.16. The lowest BCUT2D eigenvalue weighted by Crippen LogP contribution is -2.29. The number of allylic oxidation sites excluding steroid dienone is 2. The highest BCUT2D eigenvalue weighted by atomic mass is 15.1. The van der Waals surface area contributed by atoms with E-state index in [0.29, 0.717) is 5.92 Å². The number of nitrogens with zero attached hydrogens (tertiary/aromatic N) is 2. The summed E-state index contributed by atoms with van der Waals surface area (Å²) < 4.78 is 0. The lowest BCUT2D eigenvalue weighted by atomic mass is 9.70. The van der Waals surface area contributed by atoms with Gasteiger partial charge in [-0.1, -0.05) is 25.5 Å². The zero-order chi connectivity index (χ0) is 16.5. The second-order valence-corrected chi connectivity index (χ2v) is 7.39. The molecule has 0 aliphatic heterocycles. The number of rotatable bonds is 3. The fourth-order valence-electron chi connectivity index (χ4n) is 3.18. The molecular formula is C20H30N2. The molecule has 0 radical (unpaired) electrons. The van der Waals surface area contributed by atoms with Crippen LogP contribution in [0.4, 0.5) is 11.4 Å². The van der Waals surface area contributed by atoms with Crippen molar-refractivity contribution in [3.63, 3.8) is 0 Å². The minimum Gasteiger partial charge on any atom is -0.378 e. The first-order valence-corrected chi connectivity index (χ1v) is 8.24. The standard InChI is InChI=1S/C20H30N2/c1-14-8-9-20(5,17(4)10-14)13-21-19-15(2)11-18(22(6)7)12-16(19)3/h10-13,17H,8-9H2,1-7H3. The van der Waals surface area contributed by atoms with Gasteiger partial charge in [-0.3, -0.25) is 4.99 Å². The topological polar surface area (TPSA) is 15.6 Å². The molecule has 0 saturated heterocycles. The van der Waals surface area contributed by atoms with Gasteiger partial charge in [0, 0.05) is 31.4 Å². The monoisotopic (exact) mass is 298 g/mol. The van der Waals surface area contributed by atoms with Crippen LogP contribution in [0, 0.1) is 25.2 Å². The van der Waals surface area contributed by atoms with E-state index in [1.54, 1.807) is 0 Å². The number of anilines is 1. The van der Waals surface area contributed by atoms with E-state index < -0.39 is 0 Å². The van der Waals surface area contributed by atoms with Crippen molar-refractivity contribution in [2.24, 2.45) is 16.3 Å². The molecule has 2 rings (SSSR count). The smallest absolute Gasteiger partial charge is 0.0685 e. The summed E-state index contributed by atoms with van der Waals surface area (Å²) in [6.07, 6.45) is 6.98. The van der Waals surface area contributed by atoms with Crippen molar-refractivity contribution in [2.75, 3.05) is 19.0 Å². The van der Waals surface area contributed by atoms with E-state index >= 15 is 0 Å². The highest BCUT2D eigenvalue weighted by Gasteiger charge is 2.30. The Kier molecular flexibility index (Phi) is 4.79. The van der Waals surface area contributed by atoms with E-state index in [-0.39, 0.29) is 5.41 Å². The highest BCUT2D eigenvalue weighted by Crippen LogP contribution is 2.39. The molecule has 1 aliphatic rings. The Bertz CT molecular complexity index is 587. The summed E-state index contributed by atoms with van der Waals surface area (Å²) >= 11 is 0. The summed E-state index contributed by atoms with van der Waals surface area (Å²) in [4.78, 5) is 7.05. The zero-order valence-corrected chi connectivity index (χ0v) is 15.2. The first kappa shape index (κ1) is 16.8. The molecule has 0 heterocycles. The molecule has 22 heavy (non-hydrogen) atoms. The van der Waals surface area contributed by atoms with E-state index in [1.807, 2.05) is 0 Å². The number of benzene rings is 1. The van der Waals surface area contributed by atoms with Crippen LogP contribution in [0.5, 0.6) is 0 Å². The maximum Gasteiger partial charge on any atom is 0.0685 e. The molecular weight excluding hydrogens is 268 g/mol. The van der Waals surface area contributed by atoms with Gasteiger partial charge >= 0.3 is 0 Å². The van der Waals surface area contributed by atoms with Crippen LogP contribution in [-0.2, 0) is 0 Å². The molecule has 0 N–H and O–H groups in total. The van der Waals surface area contributed by atoms with Crippen LogP contribution in [-0.4, -0.2) is 20.3 Å². The second-order valence-electron chi connectivity index (χ2n) is 7.39. The molecule has 2 nitrogen and oxygen atoms in total. The second kappa shape index (κ2) is 6.28. The van der Waals surface area contributed by atoms with Gasteiger partial charge in [-0.05, 0) is 62.8 Å². The fourth-order valence-corrected chi connectivity index (χ4v) is 3.18. The summed E-state index contributed by atoms with van der Waals surface area (Å²) in [5.74, 6) is 0.548. The normalized spacial score (nSPS) is 25.4. The number of aryl methyl sites for hydroxylation is 2. The van der Waals surface area contributed by atoms with Gasteiger partial charge in [-0.25, -0.2) is 0 Å². The van der Waals surface area contributed by atoms with Crippen molar-refractivity contribution in [3.05, 3.63) is 34.9 Å². The molecule has 0 spiro atoms. The van der Waals surface area contributed by atoms with Gasteiger partial charge in [0.25, 0.3) is 0 Å². The third kappa shape index (κ3) is 3.43. The number of hydrogen-bond donors (Lipinski definition) is 0.